The van der Waals surface area contributed by atoms with Gasteiger partial charge in [-0.1, -0.05) is 41.9 Å². The molecule has 1 fully saturated rings. The second-order valence-corrected chi connectivity index (χ2v) is 6.26. The van der Waals surface area contributed by atoms with Crippen LogP contribution in [0.2, 0.25) is 5.02 Å². The van der Waals surface area contributed by atoms with Crippen LogP contribution in [0.1, 0.15) is 35.4 Å². The molecule has 1 aliphatic carbocycles. The molecule has 104 valence electrons. The summed E-state index contributed by atoms with van der Waals surface area (Å²) in [5.74, 6) is 0.693. The van der Waals surface area contributed by atoms with Crippen molar-refractivity contribution >= 4 is 17.3 Å². The summed E-state index contributed by atoms with van der Waals surface area (Å²) in [6, 6.07) is 15.5. The number of hydrogen-bond donors (Lipinski definition) is 1. The molecule has 1 aliphatic rings. The summed E-state index contributed by atoms with van der Waals surface area (Å²) in [4.78, 5) is 0. The Morgan fingerprint density at radius 1 is 1.05 bits per heavy atom. The molecular weight excluding hydrogens is 266 g/mol. The first-order chi connectivity index (χ1) is 9.63. The van der Waals surface area contributed by atoms with Crippen LogP contribution in [0.25, 0.3) is 0 Å². The monoisotopic (exact) mass is 285 g/mol. The number of nitrogens with one attached hydrogen (secondary N) is 1. The number of hydrogen-bond acceptors (Lipinski definition) is 1. The van der Waals surface area contributed by atoms with Crippen LogP contribution in [0.3, 0.4) is 0 Å². The standard InChI is InChI=1S/C18H20ClN/c1-12-7-8-18(17(19)9-12)20-15-10-14(11-15)16-6-4-3-5-13(16)2/h3-9,14-15,20H,10-11H2,1-2H3. The fraction of sp³-hybridized carbons (Fsp3) is 0.333. The highest BCUT2D eigenvalue weighted by molar-refractivity contribution is 6.33. The van der Waals surface area contributed by atoms with E-state index in [9.17, 15) is 0 Å². The molecule has 0 atom stereocenters. The average Bonchev–Trinajstić information content (AvgIpc) is 2.37. The smallest absolute Gasteiger partial charge is 0.0640 e. The van der Waals surface area contributed by atoms with Crippen molar-refractivity contribution in [2.75, 3.05) is 5.32 Å². The van der Waals surface area contributed by atoms with E-state index in [1.54, 1.807) is 0 Å². The molecule has 0 amide bonds. The molecule has 1 nitrogen and oxygen atoms in total. The van der Waals surface area contributed by atoms with Crippen molar-refractivity contribution in [3.05, 3.63) is 64.2 Å². The van der Waals surface area contributed by atoms with Gasteiger partial charge >= 0.3 is 0 Å². The van der Waals surface area contributed by atoms with Crippen LogP contribution < -0.4 is 5.32 Å². The van der Waals surface area contributed by atoms with E-state index in [4.69, 9.17) is 11.6 Å². The Morgan fingerprint density at radius 3 is 2.50 bits per heavy atom. The van der Waals surface area contributed by atoms with Gasteiger partial charge in [-0.25, -0.2) is 0 Å². The Kier molecular flexibility index (Phi) is 3.71. The maximum atomic E-state index is 6.27. The molecule has 3 rings (SSSR count). The van der Waals surface area contributed by atoms with Crippen molar-refractivity contribution in [3.8, 4) is 0 Å². The molecule has 0 saturated heterocycles. The minimum atomic E-state index is 0.541. The molecule has 0 spiro atoms. The molecule has 1 saturated carbocycles. The number of benzene rings is 2. The highest BCUT2D eigenvalue weighted by Crippen LogP contribution is 2.40. The van der Waals surface area contributed by atoms with Gasteiger partial charge in [-0.05, 0) is 61.4 Å². The van der Waals surface area contributed by atoms with Crippen LogP contribution >= 0.6 is 11.6 Å². The average molecular weight is 286 g/mol. The molecule has 2 heteroatoms. The number of anilines is 1. The third-order valence-electron chi connectivity index (χ3n) is 4.25. The van der Waals surface area contributed by atoms with Crippen LogP contribution in [0.5, 0.6) is 0 Å². The lowest BCUT2D eigenvalue weighted by atomic mass is 9.74. The van der Waals surface area contributed by atoms with Gasteiger partial charge in [0.2, 0.25) is 0 Å². The number of aryl methyl sites for hydroxylation is 2. The Balaban J connectivity index is 1.62. The highest BCUT2D eigenvalue weighted by atomic mass is 35.5. The van der Waals surface area contributed by atoms with Gasteiger partial charge in [0, 0.05) is 6.04 Å². The van der Waals surface area contributed by atoms with E-state index in [0.717, 1.165) is 10.7 Å². The second kappa shape index (κ2) is 5.49. The first-order valence-electron chi connectivity index (χ1n) is 7.21. The van der Waals surface area contributed by atoms with Gasteiger partial charge < -0.3 is 5.32 Å². The van der Waals surface area contributed by atoms with E-state index < -0.39 is 0 Å². The third kappa shape index (κ3) is 2.69. The summed E-state index contributed by atoms with van der Waals surface area (Å²) >= 11 is 6.27. The van der Waals surface area contributed by atoms with Crippen molar-refractivity contribution in [2.45, 2.75) is 38.6 Å². The summed E-state index contributed by atoms with van der Waals surface area (Å²) in [5.41, 5.74) is 5.17. The minimum Gasteiger partial charge on any atom is -0.381 e. The minimum absolute atomic E-state index is 0.541. The first kappa shape index (κ1) is 13.5. The first-order valence-corrected chi connectivity index (χ1v) is 7.59. The quantitative estimate of drug-likeness (QED) is 0.805. The molecule has 2 aromatic rings. The maximum Gasteiger partial charge on any atom is 0.0640 e. The molecule has 0 bridgehead atoms. The largest absolute Gasteiger partial charge is 0.381 e. The molecule has 1 N–H and O–H groups in total. The highest BCUT2D eigenvalue weighted by Gasteiger charge is 2.31. The van der Waals surface area contributed by atoms with Gasteiger partial charge in [-0.15, -0.1) is 0 Å². The van der Waals surface area contributed by atoms with Crippen LogP contribution in [0.15, 0.2) is 42.5 Å². The molecule has 0 unspecified atom stereocenters. The van der Waals surface area contributed by atoms with Crippen molar-refractivity contribution in [1.29, 1.82) is 0 Å². The Bertz CT molecular complexity index is 615. The summed E-state index contributed by atoms with van der Waals surface area (Å²) in [6.07, 6.45) is 2.38. The molecule has 0 aromatic heterocycles. The van der Waals surface area contributed by atoms with Gasteiger partial charge in [-0.3, -0.25) is 0 Å². The normalized spacial score (nSPS) is 21.4. The zero-order chi connectivity index (χ0) is 14.1. The van der Waals surface area contributed by atoms with E-state index >= 15 is 0 Å². The lowest BCUT2D eigenvalue weighted by Gasteiger charge is -2.37. The van der Waals surface area contributed by atoms with Crippen molar-refractivity contribution in [3.63, 3.8) is 0 Å². The van der Waals surface area contributed by atoms with Crippen LogP contribution in [0, 0.1) is 13.8 Å². The Labute approximate surface area is 126 Å². The third-order valence-corrected chi connectivity index (χ3v) is 4.56. The maximum absolute atomic E-state index is 6.27. The van der Waals surface area contributed by atoms with Gasteiger partial charge in [0.1, 0.15) is 0 Å². The summed E-state index contributed by atoms with van der Waals surface area (Å²) in [5, 5.41) is 4.38. The zero-order valence-electron chi connectivity index (χ0n) is 12.0. The molecule has 2 aromatic carbocycles. The fourth-order valence-electron chi connectivity index (χ4n) is 2.99. The van der Waals surface area contributed by atoms with E-state index in [1.807, 2.05) is 6.07 Å². The second-order valence-electron chi connectivity index (χ2n) is 5.85. The van der Waals surface area contributed by atoms with Crippen LogP contribution in [0.4, 0.5) is 5.69 Å². The van der Waals surface area contributed by atoms with Crippen LogP contribution in [-0.2, 0) is 0 Å². The lowest BCUT2D eigenvalue weighted by Crippen LogP contribution is -2.34. The van der Waals surface area contributed by atoms with Crippen molar-refractivity contribution in [1.82, 2.24) is 0 Å². The topological polar surface area (TPSA) is 12.0 Å². The summed E-state index contributed by atoms with van der Waals surface area (Å²) in [6.45, 7) is 4.26. The van der Waals surface area contributed by atoms with Crippen molar-refractivity contribution < 1.29 is 0 Å². The number of rotatable bonds is 3. The van der Waals surface area contributed by atoms with Gasteiger partial charge in [0.15, 0.2) is 0 Å². The van der Waals surface area contributed by atoms with Crippen molar-refractivity contribution in [2.24, 2.45) is 0 Å². The molecule has 0 aliphatic heterocycles. The predicted octanol–water partition coefficient (Wildman–Crippen LogP) is 5.31. The Hall–Kier alpha value is -1.47. The SMILES string of the molecule is Cc1ccc(NC2CC(c3ccccc3C)C2)c(Cl)c1. The predicted molar refractivity (Wildman–Crippen MR) is 86.8 cm³/mol. The summed E-state index contributed by atoms with van der Waals surface area (Å²) < 4.78 is 0. The Morgan fingerprint density at radius 2 is 1.80 bits per heavy atom. The molecular formula is C18H20ClN. The van der Waals surface area contributed by atoms with E-state index in [2.05, 4.69) is 55.6 Å². The number of halogens is 1. The molecule has 0 heterocycles. The molecule has 20 heavy (non-hydrogen) atoms. The zero-order valence-corrected chi connectivity index (χ0v) is 12.7. The lowest BCUT2D eigenvalue weighted by molar-refractivity contribution is 0.373. The molecule has 0 radical (unpaired) electrons. The fourth-order valence-corrected chi connectivity index (χ4v) is 3.28. The van der Waals surface area contributed by atoms with E-state index in [0.29, 0.717) is 12.0 Å². The van der Waals surface area contributed by atoms with E-state index in [1.165, 1.54) is 29.5 Å². The van der Waals surface area contributed by atoms with Crippen LogP contribution in [-0.4, -0.2) is 6.04 Å². The van der Waals surface area contributed by atoms with Gasteiger partial charge in [0.05, 0.1) is 10.7 Å². The van der Waals surface area contributed by atoms with Gasteiger partial charge in [-0.2, -0.15) is 0 Å². The summed E-state index contributed by atoms with van der Waals surface area (Å²) in [7, 11) is 0. The van der Waals surface area contributed by atoms with E-state index in [-0.39, 0.29) is 0 Å². The van der Waals surface area contributed by atoms with Gasteiger partial charge in [0.25, 0.3) is 0 Å².